The van der Waals surface area contributed by atoms with Crippen molar-refractivity contribution in [3.63, 3.8) is 0 Å². The molecule has 0 radical (unpaired) electrons. The number of hydrogen-bond acceptors (Lipinski definition) is 5. The maximum atomic E-state index is 13.5. The van der Waals surface area contributed by atoms with E-state index in [1.54, 1.807) is 64.1 Å². The van der Waals surface area contributed by atoms with E-state index >= 15 is 0 Å². The number of aromatic nitrogens is 1. The largest absolute Gasteiger partial charge is 0.467 e. The van der Waals surface area contributed by atoms with E-state index in [1.165, 1.54) is 11.2 Å². The monoisotopic (exact) mass is 456 g/mol. The number of amides is 1. The number of ether oxygens (including phenoxy) is 1. The molecule has 0 spiro atoms. The maximum Gasteiger partial charge on any atom is 0.355 e. The number of ketones is 1. The van der Waals surface area contributed by atoms with Crippen LogP contribution in [0.4, 0.5) is 0 Å². The first-order chi connectivity index (χ1) is 15.3. The summed E-state index contributed by atoms with van der Waals surface area (Å²) in [6.07, 6.45) is 1.51. The summed E-state index contributed by atoms with van der Waals surface area (Å²) in [5.74, 6) is -0.706. The fraction of sp³-hybridized carbons (Fsp3) is 0.292. The van der Waals surface area contributed by atoms with Gasteiger partial charge in [-0.05, 0) is 57.5 Å². The Balaban J connectivity index is 1.99. The lowest BCUT2D eigenvalue weighted by atomic mass is 9.99. The molecular weight excluding hydrogens is 432 g/mol. The van der Waals surface area contributed by atoms with Gasteiger partial charge in [0.1, 0.15) is 11.5 Å². The van der Waals surface area contributed by atoms with Gasteiger partial charge < -0.3 is 19.0 Å². The highest BCUT2D eigenvalue weighted by molar-refractivity contribution is 6.33. The van der Waals surface area contributed by atoms with Gasteiger partial charge in [-0.15, -0.1) is 0 Å². The molecule has 2 heterocycles. The summed E-state index contributed by atoms with van der Waals surface area (Å²) in [7, 11) is 0. The molecule has 1 aromatic carbocycles. The zero-order chi connectivity index (χ0) is 23.4. The normalized spacial score (nSPS) is 11.8. The Hall–Kier alpha value is -3.32. The lowest BCUT2D eigenvalue weighted by molar-refractivity contribution is 0.0518. The van der Waals surface area contributed by atoms with Crippen LogP contribution in [-0.4, -0.2) is 40.2 Å². The molecule has 0 saturated heterocycles. The first-order valence-corrected chi connectivity index (χ1v) is 10.6. The lowest BCUT2D eigenvalue weighted by Crippen LogP contribution is -2.43. The molecule has 1 unspecified atom stereocenters. The molecule has 1 atom stereocenters. The van der Waals surface area contributed by atoms with Gasteiger partial charge in [-0.1, -0.05) is 23.7 Å². The van der Waals surface area contributed by atoms with Crippen LogP contribution in [0.2, 0.25) is 5.02 Å². The molecule has 8 heteroatoms. The first kappa shape index (κ1) is 23.3. The number of halogens is 1. The zero-order valence-corrected chi connectivity index (χ0v) is 19.2. The minimum atomic E-state index is -0.855. The number of carbonyl (C=O) groups excluding carboxylic acids is 3. The molecule has 0 aliphatic carbocycles. The molecule has 168 valence electrons. The van der Waals surface area contributed by atoms with E-state index in [0.29, 0.717) is 27.6 Å². The van der Waals surface area contributed by atoms with E-state index in [1.807, 2.05) is 0 Å². The van der Waals surface area contributed by atoms with Crippen LogP contribution in [0.15, 0.2) is 47.1 Å². The molecule has 0 aliphatic heterocycles. The van der Waals surface area contributed by atoms with Crippen LogP contribution in [0.3, 0.4) is 0 Å². The van der Waals surface area contributed by atoms with Crippen LogP contribution in [0.25, 0.3) is 0 Å². The van der Waals surface area contributed by atoms with E-state index in [9.17, 15) is 14.4 Å². The third-order valence-electron chi connectivity index (χ3n) is 5.28. The van der Waals surface area contributed by atoms with Crippen molar-refractivity contribution in [3.05, 3.63) is 81.5 Å². The Morgan fingerprint density at radius 3 is 2.50 bits per heavy atom. The third-order valence-corrected chi connectivity index (χ3v) is 5.61. The predicted molar refractivity (Wildman–Crippen MR) is 120 cm³/mol. The highest BCUT2D eigenvalue weighted by atomic mass is 35.5. The van der Waals surface area contributed by atoms with Gasteiger partial charge in [-0.3, -0.25) is 9.59 Å². The van der Waals surface area contributed by atoms with Crippen LogP contribution < -0.4 is 0 Å². The average molecular weight is 457 g/mol. The second-order valence-corrected chi connectivity index (χ2v) is 7.79. The molecule has 0 bridgehead atoms. The predicted octanol–water partition coefficient (Wildman–Crippen LogP) is 4.97. The molecule has 0 fully saturated rings. The number of furan rings is 1. The molecule has 2 aromatic heterocycles. The van der Waals surface area contributed by atoms with Crippen LogP contribution in [0, 0.1) is 13.8 Å². The van der Waals surface area contributed by atoms with E-state index < -0.39 is 17.9 Å². The van der Waals surface area contributed by atoms with E-state index in [0.717, 1.165) is 0 Å². The van der Waals surface area contributed by atoms with Crippen LogP contribution in [0.5, 0.6) is 0 Å². The second kappa shape index (κ2) is 9.87. The fourth-order valence-corrected chi connectivity index (χ4v) is 3.84. The molecule has 1 N–H and O–H groups in total. The van der Waals surface area contributed by atoms with Crippen molar-refractivity contribution >= 4 is 29.3 Å². The minimum absolute atomic E-state index is 0.0806. The number of aryl methyl sites for hydroxylation is 1. The summed E-state index contributed by atoms with van der Waals surface area (Å²) >= 11 is 6.25. The molecule has 1 amide bonds. The van der Waals surface area contributed by atoms with Crippen LogP contribution in [-0.2, 0) is 11.3 Å². The highest BCUT2D eigenvalue weighted by Crippen LogP contribution is 2.25. The standard InChI is InChI=1S/C24H25ClN2O5/c1-5-31-24(30)21-14(2)20(15(3)26-21)22(28)16(4)27(13-17-9-8-12-32-17)23(29)18-10-6-7-11-19(18)25/h6-12,16,26H,5,13H2,1-4H3. The summed E-state index contributed by atoms with van der Waals surface area (Å²) in [5, 5.41) is 0.292. The maximum absolute atomic E-state index is 13.5. The van der Waals surface area contributed by atoms with Crippen molar-refractivity contribution in [1.82, 2.24) is 9.88 Å². The Labute approximate surface area is 191 Å². The minimum Gasteiger partial charge on any atom is -0.467 e. The van der Waals surface area contributed by atoms with Crippen molar-refractivity contribution in [2.75, 3.05) is 6.61 Å². The van der Waals surface area contributed by atoms with E-state index in [2.05, 4.69) is 4.98 Å². The van der Waals surface area contributed by atoms with Gasteiger partial charge in [0.05, 0.1) is 36.0 Å². The van der Waals surface area contributed by atoms with Gasteiger partial charge in [0.15, 0.2) is 5.78 Å². The van der Waals surface area contributed by atoms with Gasteiger partial charge in [0.25, 0.3) is 5.91 Å². The molecule has 3 aromatic rings. The number of aromatic amines is 1. The Bertz CT molecular complexity index is 1130. The quantitative estimate of drug-likeness (QED) is 0.381. The zero-order valence-electron chi connectivity index (χ0n) is 18.4. The number of H-pyrrole nitrogens is 1. The van der Waals surface area contributed by atoms with E-state index in [-0.39, 0.29) is 30.2 Å². The van der Waals surface area contributed by atoms with Gasteiger partial charge >= 0.3 is 5.97 Å². The number of rotatable bonds is 8. The summed E-state index contributed by atoms with van der Waals surface area (Å²) in [4.78, 5) is 43.6. The Kier molecular flexibility index (Phi) is 7.20. The van der Waals surface area contributed by atoms with Crippen molar-refractivity contribution in [3.8, 4) is 0 Å². The number of nitrogens with zero attached hydrogens (tertiary/aromatic N) is 1. The van der Waals surface area contributed by atoms with Crippen molar-refractivity contribution < 1.29 is 23.5 Å². The first-order valence-electron chi connectivity index (χ1n) is 10.2. The fourth-order valence-electron chi connectivity index (χ4n) is 3.62. The van der Waals surface area contributed by atoms with Gasteiger partial charge in [-0.25, -0.2) is 4.79 Å². The summed E-state index contributed by atoms with van der Waals surface area (Å²) in [5.41, 5.74) is 1.90. The molecule has 3 rings (SSSR count). The lowest BCUT2D eigenvalue weighted by Gasteiger charge is -2.28. The van der Waals surface area contributed by atoms with Gasteiger partial charge in [0.2, 0.25) is 0 Å². The third kappa shape index (κ3) is 4.62. The number of nitrogens with one attached hydrogen (secondary N) is 1. The summed E-state index contributed by atoms with van der Waals surface area (Å²) < 4.78 is 10.5. The second-order valence-electron chi connectivity index (χ2n) is 7.38. The number of benzene rings is 1. The van der Waals surface area contributed by atoms with Crippen LogP contribution in [0.1, 0.15) is 62.1 Å². The average Bonchev–Trinajstić information content (AvgIpc) is 3.38. The molecule has 7 nitrogen and oxygen atoms in total. The SMILES string of the molecule is CCOC(=O)c1[nH]c(C)c(C(=O)C(C)N(Cc2ccco2)C(=O)c2ccccc2Cl)c1C. The summed E-state index contributed by atoms with van der Waals surface area (Å²) in [6, 6.07) is 9.27. The number of Topliss-reactive ketones (excluding diaryl/α,β-unsaturated/α-hetero) is 1. The Morgan fingerprint density at radius 2 is 1.88 bits per heavy atom. The number of carbonyl (C=O) groups is 3. The van der Waals surface area contributed by atoms with Crippen molar-refractivity contribution in [1.29, 1.82) is 0 Å². The Morgan fingerprint density at radius 1 is 1.16 bits per heavy atom. The molecule has 0 saturated carbocycles. The van der Waals surface area contributed by atoms with Crippen molar-refractivity contribution in [2.24, 2.45) is 0 Å². The van der Waals surface area contributed by atoms with Crippen LogP contribution >= 0.6 is 11.6 Å². The highest BCUT2D eigenvalue weighted by Gasteiger charge is 2.32. The molecular formula is C24H25ClN2O5. The van der Waals surface area contributed by atoms with Gasteiger partial charge in [-0.2, -0.15) is 0 Å². The van der Waals surface area contributed by atoms with Crippen molar-refractivity contribution in [2.45, 2.75) is 40.3 Å². The topological polar surface area (TPSA) is 92.6 Å². The van der Waals surface area contributed by atoms with E-state index in [4.69, 9.17) is 20.8 Å². The molecule has 32 heavy (non-hydrogen) atoms. The summed E-state index contributed by atoms with van der Waals surface area (Å²) in [6.45, 7) is 7.06. The smallest absolute Gasteiger partial charge is 0.355 e. The number of esters is 1. The molecule has 0 aliphatic rings. The van der Waals surface area contributed by atoms with Gasteiger partial charge in [0, 0.05) is 11.3 Å². The number of hydrogen-bond donors (Lipinski definition) is 1.